The van der Waals surface area contributed by atoms with Crippen LogP contribution in [0.2, 0.25) is 0 Å². The van der Waals surface area contributed by atoms with Crippen LogP contribution in [-0.4, -0.2) is 8.07 Å². The minimum Gasteiger partial charge on any atom is -0.457 e. The van der Waals surface area contributed by atoms with Crippen molar-refractivity contribution in [2.75, 3.05) is 4.90 Å². The minimum absolute atomic E-state index is 0.642. The number of rotatable bonds is 3. The number of hydrogen-bond donors (Lipinski definition) is 0. The molecule has 0 fully saturated rings. The van der Waals surface area contributed by atoms with E-state index in [1.54, 1.807) is 0 Å². The third kappa shape index (κ3) is 4.16. The van der Waals surface area contributed by atoms with Crippen LogP contribution in [0.1, 0.15) is 22.3 Å². The van der Waals surface area contributed by atoms with Gasteiger partial charge in [0.25, 0.3) is 0 Å². The lowest BCUT2D eigenvalue weighted by Crippen LogP contribution is -2.79. The molecule has 1 spiro atoms. The second kappa shape index (κ2) is 11.7. The molecular weight excluding hydrogens is 679 g/mol. The summed E-state index contributed by atoms with van der Waals surface area (Å²) >= 11 is 1.85. The maximum Gasteiger partial charge on any atom is 0.180 e. The molecule has 11 rings (SSSR count). The number of anilines is 3. The average molecular weight is 712 g/mol. The number of fused-ring (bicyclic) bond motifs is 10. The van der Waals surface area contributed by atoms with E-state index in [1.807, 2.05) is 11.8 Å². The molecule has 0 aromatic heterocycles. The molecule has 0 bridgehead atoms. The Morgan fingerprint density at radius 3 is 1.49 bits per heavy atom. The summed E-state index contributed by atoms with van der Waals surface area (Å²) in [6, 6.07) is 74.3. The highest BCUT2D eigenvalue weighted by Gasteiger charge is 2.57. The summed E-state index contributed by atoms with van der Waals surface area (Å²) in [6.07, 6.45) is 0. The van der Waals surface area contributed by atoms with E-state index >= 15 is 0 Å². The van der Waals surface area contributed by atoms with Crippen LogP contribution in [0.3, 0.4) is 0 Å². The van der Waals surface area contributed by atoms with Gasteiger partial charge in [-0.15, -0.1) is 0 Å². The maximum atomic E-state index is 6.79. The standard InChI is InChI=1S/C49H33NOSSi/c1-3-17-35(18-4-1)53(36-19-5-2-6-20-36)47-30-16-9-23-39(47)49(37-21-7-12-26-43(37)51-44-27-13-8-22-38(44)49)40-33-34(31-32-48(40)53)50-41-24-10-14-28-45(41)52-46-29-15-11-25-42(46)50/h1-33H. The summed E-state index contributed by atoms with van der Waals surface area (Å²) in [4.78, 5) is 4.98. The van der Waals surface area contributed by atoms with Crippen molar-refractivity contribution in [2.45, 2.75) is 15.2 Å². The van der Waals surface area contributed by atoms with Crippen molar-refractivity contribution in [1.29, 1.82) is 0 Å². The lowest BCUT2D eigenvalue weighted by atomic mass is 9.63. The van der Waals surface area contributed by atoms with Gasteiger partial charge in [0.2, 0.25) is 0 Å². The second-order valence-electron chi connectivity index (χ2n) is 14.0. The van der Waals surface area contributed by atoms with Crippen LogP contribution in [0.5, 0.6) is 11.5 Å². The van der Waals surface area contributed by atoms with Crippen LogP contribution < -0.4 is 30.4 Å². The molecule has 53 heavy (non-hydrogen) atoms. The van der Waals surface area contributed by atoms with Gasteiger partial charge in [-0.05, 0) is 80.4 Å². The molecule has 3 aliphatic heterocycles. The summed E-state index contributed by atoms with van der Waals surface area (Å²) in [5.74, 6) is 1.80. The average Bonchev–Trinajstić information content (AvgIpc) is 3.23. The molecule has 3 heterocycles. The van der Waals surface area contributed by atoms with E-state index in [1.165, 1.54) is 64.2 Å². The molecule has 0 aliphatic carbocycles. The van der Waals surface area contributed by atoms with E-state index in [0.717, 1.165) is 17.2 Å². The largest absolute Gasteiger partial charge is 0.457 e. The van der Waals surface area contributed by atoms with Crippen molar-refractivity contribution in [3.05, 3.63) is 222 Å². The zero-order chi connectivity index (χ0) is 35.0. The Hall–Kier alpha value is -6.07. The number of ether oxygens (including phenoxy) is 1. The van der Waals surface area contributed by atoms with E-state index in [2.05, 4.69) is 205 Å². The predicted octanol–water partition coefficient (Wildman–Crippen LogP) is 9.80. The van der Waals surface area contributed by atoms with Crippen LogP contribution in [0.25, 0.3) is 0 Å². The van der Waals surface area contributed by atoms with Crippen molar-refractivity contribution >= 4 is 57.6 Å². The molecule has 8 aromatic carbocycles. The normalized spacial score (nSPS) is 15.1. The van der Waals surface area contributed by atoms with E-state index in [9.17, 15) is 0 Å². The van der Waals surface area contributed by atoms with Crippen molar-refractivity contribution in [3.63, 3.8) is 0 Å². The summed E-state index contributed by atoms with van der Waals surface area (Å²) < 4.78 is 6.79. The van der Waals surface area contributed by atoms with Crippen molar-refractivity contribution in [2.24, 2.45) is 0 Å². The summed E-state index contributed by atoms with van der Waals surface area (Å²) in [7, 11) is -2.91. The highest BCUT2D eigenvalue weighted by molar-refractivity contribution is 7.99. The van der Waals surface area contributed by atoms with Gasteiger partial charge < -0.3 is 9.64 Å². The molecule has 0 unspecified atom stereocenters. The van der Waals surface area contributed by atoms with Gasteiger partial charge in [0.15, 0.2) is 8.07 Å². The van der Waals surface area contributed by atoms with Gasteiger partial charge in [0.1, 0.15) is 11.5 Å². The third-order valence-electron chi connectivity index (χ3n) is 11.5. The topological polar surface area (TPSA) is 12.5 Å². The lowest BCUT2D eigenvalue weighted by Gasteiger charge is -2.51. The lowest BCUT2D eigenvalue weighted by molar-refractivity contribution is 0.435. The van der Waals surface area contributed by atoms with Crippen LogP contribution >= 0.6 is 11.8 Å². The first kappa shape index (κ1) is 30.5. The van der Waals surface area contributed by atoms with Crippen molar-refractivity contribution in [1.82, 2.24) is 0 Å². The molecule has 250 valence electrons. The third-order valence-corrected chi connectivity index (χ3v) is 17.5. The number of nitrogens with zero attached hydrogens (tertiary/aromatic N) is 1. The fourth-order valence-corrected chi connectivity index (χ4v) is 15.8. The van der Waals surface area contributed by atoms with Gasteiger partial charge in [-0.3, -0.25) is 0 Å². The first-order valence-corrected chi connectivity index (χ1v) is 21.0. The highest BCUT2D eigenvalue weighted by Crippen LogP contribution is 2.57. The summed E-state index contributed by atoms with van der Waals surface area (Å²) in [6.45, 7) is 0. The fourth-order valence-electron chi connectivity index (χ4n) is 9.46. The summed E-state index contributed by atoms with van der Waals surface area (Å²) in [5.41, 5.74) is 7.87. The highest BCUT2D eigenvalue weighted by atomic mass is 32.2. The van der Waals surface area contributed by atoms with Crippen LogP contribution in [0.4, 0.5) is 17.1 Å². The Bertz CT molecular complexity index is 2580. The molecule has 8 aromatic rings. The minimum atomic E-state index is -2.91. The van der Waals surface area contributed by atoms with Gasteiger partial charge in [0, 0.05) is 26.6 Å². The van der Waals surface area contributed by atoms with Crippen molar-refractivity contribution in [3.8, 4) is 11.5 Å². The zero-order valence-electron chi connectivity index (χ0n) is 28.8. The SMILES string of the molecule is c1ccc([Si]2(c3ccccc3)c3ccccc3C3(c4ccccc4Oc4ccccc43)c3cc(N4c5ccccc5Sc5ccccc54)ccc32)cc1. The first-order valence-electron chi connectivity index (χ1n) is 18.2. The molecule has 0 saturated carbocycles. The second-order valence-corrected chi connectivity index (χ2v) is 18.8. The number of para-hydroxylation sites is 4. The van der Waals surface area contributed by atoms with E-state index in [4.69, 9.17) is 4.74 Å². The Morgan fingerprint density at radius 2 is 0.887 bits per heavy atom. The molecule has 0 N–H and O–H groups in total. The van der Waals surface area contributed by atoms with Gasteiger partial charge in [-0.1, -0.05) is 163 Å². The Balaban J connectivity index is 1.33. The quantitative estimate of drug-likeness (QED) is 0.169. The van der Waals surface area contributed by atoms with Gasteiger partial charge in [-0.2, -0.15) is 0 Å². The van der Waals surface area contributed by atoms with E-state index in [-0.39, 0.29) is 0 Å². The number of hydrogen-bond acceptors (Lipinski definition) is 3. The maximum absolute atomic E-state index is 6.79. The van der Waals surface area contributed by atoms with E-state index in [0.29, 0.717) is 0 Å². The summed E-state index contributed by atoms with van der Waals surface area (Å²) in [5, 5.41) is 5.56. The Kier molecular flexibility index (Phi) is 6.76. The Labute approximate surface area is 315 Å². The van der Waals surface area contributed by atoms with Gasteiger partial charge in [0.05, 0.1) is 16.8 Å². The smallest absolute Gasteiger partial charge is 0.180 e. The van der Waals surface area contributed by atoms with Crippen LogP contribution in [-0.2, 0) is 5.41 Å². The molecule has 2 nitrogen and oxygen atoms in total. The van der Waals surface area contributed by atoms with Gasteiger partial charge >= 0.3 is 0 Å². The molecule has 4 heteroatoms. The monoisotopic (exact) mass is 711 g/mol. The zero-order valence-corrected chi connectivity index (χ0v) is 30.6. The van der Waals surface area contributed by atoms with Crippen molar-refractivity contribution < 1.29 is 4.74 Å². The Morgan fingerprint density at radius 1 is 0.415 bits per heavy atom. The molecule has 0 radical (unpaired) electrons. The van der Waals surface area contributed by atoms with Crippen LogP contribution in [0, 0.1) is 0 Å². The molecule has 0 amide bonds. The van der Waals surface area contributed by atoms with Crippen LogP contribution in [0.15, 0.2) is 210 Å². The number of benzene rings is 8. The van der Waals surface area contributed by atoms with Gasteiger partial charge in [-0.25, -0.2) is 0 Å². The molecule has 0 atom stereocenters. The van der Waals surface area contributed by atoms with E-state index < -0.39 is 13.5 Å². The molecule has 0 saturated heterocycles. The molecular formula is C49H33NOSSi. The molecule has 3 aliphatic rings. The fraction of sp³-hybridized carbons (Fsp3) is 0.0204. The first-order chi connectivity index (χ1) is 26.3. The predicted molar refractivity (Wildman–Crippen MR) is 221 cm³/mol.